The summed E-state index contributed by atoms with van der Waals surface area (Å²) < 4.78 is 0. The molecule has 1 rings (SSSR count). The average Bonchev–Trinajstić information content (AvgIpc) is 2.96. The average molecular weight is 198 g/mol. The fraction of sp³-hybridized carbons (Fsp3) is 0.909. The molecule has 0 heterocycles. The summed E-state index contributed by atoms with van der Waals surface area (Å²) in [6.45, 7) is 4.50. The van der Waals surface area contributed by atoms with E-state index in [1.165, 1.54) is 25.7 Å². The molecule has 0 aromatic carbocycles. The molecule has 1 fully saturated rings. The summed E-state index contributed by atoms with van der Waals surface area (Å²) >= 11 is 0. The standard InChI is InChI=1S/C11H22N2O/c1-2-3-4-7-13-11(14)9-12-8-10-5-6-10/h10,12H,2-9H2,1H3,(H,13,14). The van der Waals surface area contributed by atoms with Gasteiger partial charge in [-0.05, 0) is 31.7 Å². The lowest BCUT2D eigenvalue weighted by Crippen LogP contribution is -2.35. The van der Waals surface area contributed by atoms with Crippen LogP contribution in [-0.4, -0.2) is 25.5 Å². The number of unbranched alkanes of at least 4 members (excludes halogenated alkanes) is 2. The Balaban J connectivity index is 1.82. The topological polar surface area (TPSA) is 41.1 Å². The smallest absolute Gasteiger partial charge is 0.233 e. The van der Waals surface area contributed by atoms with Gasteiger partial charge in [-0.1, -0.05) is 19.8 Å². The molecule has 1 aliphatic rings. The van der Waals surface area contributed by atoms with Crippen LogP contribution in [0.4, 0.5) is 0 Å². The first-order valence-electron chi connectivity index (χ1n) is 5.80. The SMILES string of the molecule is CCCCCNC(=O)CNCC1CC1. The van der Waals surface area contributed by atoms with Crippen molar-refractivity contribution in [3.05, 3.63) is 0 Å². The molecular formula is C11H22N2O. The van der Waals surface area contributed by atoms with E-state index in [4.69, 9.17) is 0 Å². The van der Waals surface area contributed by atoms with Gasteiger partial charge in [-0.3, -0.25) is 4.79 Å². The molecule has 2 N–H and O–H groups in total. The predicted molar refractivity (Wildman–Crippen MR) is 58.1 cm³/mol. The normalized spacial score (nSPS) is 15.5. The second kappa shape index (κ2) is 6.82. The van der Waals surface area contributed by atoms with E-state index in [-0.39, 0.29) is 5.91 Å². The highest BCUT2D eigenvalue weighted by atomic mass is 16.1. The van der Waals surface area contributed by atoms with Crippen molar-refractivity contribution in [2.45, 2.75) is 39.0 Å². The molecule has 3 heteroatoms. The highest BCUT2D eigenvalue weighted by Gasteiger charge is 2.20. The minimum Gasteiger partial charge on any atom is -0.355 e. The molecule has 0 spiro atoms. The minimum absolute atomic E-state index is 0.141. The quantitative estimate of drug-likeness (QED) is 0.577. The number of carbonyl (C=O) groups is 1. The Morgan fingerprint density at radius 3 is 2.79 bits per heavy atom. The molecule has 0 aromatic heterocycles. The summed E-state index contributed by atoms with van der Waals surface area (Å²) in [6, 6.07) is 0. The molecule has 0 aromatic rings. The minimum atomic E-state index is 0.141. The maximum Gasteiger partial charge on any atom is 0.233 e. The van der Waals surface area contributed by atoms with Crippen LogP contribution in [0.3, 0.4) is 0 Å². The maximum atomic E-state index is 11.2. The van der Waals surface area contributed by atoms with E-state index in [1.807, 2.05) is 0 Å². The zero-order valence-corrected chi connectivity index (χ0v) is 9.14. The van der Waals surface area contributed by atoms with Gasteiger partial charge in [0.2, 0.25) is 5.91 Å². The maximum absolute atomic E-state index is 11.2. The Hall–Kier alpha value is -0.570. The van der Waals surface area contributed by atoms with Crippen molar-refractivity contribution in [1.82, 2.24) is 10.6 Å². The van der Waals surface area contributed by atoms with Crippen LogP contribution in [-0.2, 0) is 4.79 Å². The van der Waals surface area contributed by atoms with Crippen molar-refractivity contribution in [3.8, 4) is 0 Å². The van der Waals surface area contributed by atoms with Gasteiger partial charge >= 0.3 is 0 Å². The fourth-order valence-corrected chi connectivity index (χ4v) is 1.38. The second-order valence-electron chi connectivity index (χ2n) is 4.13. The monoisotopic (exact) mass is 198 g/mol. The van der Waals surface area contributed by atoms with E-state index in [0.29, 0.717) is 6.54 Å². The Kier molecular flexibility index (Phi) is 5.60. The number of rotatable bonds is 8. The Bertz CT molecular complexity index is 167. The van der Waals surface area contributed by atoms with Crippen LogP contribution in [0.15, 0.2) is 0 Å². The van der Waals surface area contributed by atoms with Crippen LogP contribution < -0.4 is 10.6 Å². The zero-order chi connectivity index (χ0) is 10.2. The van der Waals surface area contributed by atoms with Gasteiger partial charge in [-0.15, -0.1) is 0 Å². The lowest BCUT2D eigenvalue weighted by molar-refractivity contribution is -0.120. The number of hydrogen-bond donors (Lipinski definition) is 2. The van der Waals surface area contributed by atoms with Crippen molar-refractivity contribution in [1.29, 1.82) is 0 Å². The number of nitrogens with one attached hydrogen (secondary N) is 2. The van der Waals surface area contributed by atoms with Crippen molar-refractivity contribution in [3.63, 3.8) is 0 Å². The van der Waals surface area contributed by atoms with Gasteiger partial charge in [-0.2, -0.15) is 0 Å². The van der Waals surface area contributed by atoms with Crippen molar-refractivity contribution in [2.24, 2.45) is 5.92 Å². The van der Waals surface area contributed by atoms with E-state index in [2.05, 4.69) is 17.6 Å². The molecule has 0 radical (unpaired) electrons. The van der Waals surface area contributed by atoms with Gasteiger partial charge in [0.05, 0.1) is 6.54 Å². The Morgan fingerprint density at radius 1 is 1.36 bits per heavy atom. The Labute approximate surface area is 86.6 Å². The lowest BCUT2D eigenvalue weighted by Gasteiger charge is -2.05. The van der Waals surface area contributed by atoms with Crippen molar-refractivity contribution < 1.29 is 4.79 Å². The molecule has 0 bridgehead atoms. The lowest BCUT2D eigenvalue weighted by atomic mass is 10.2. The van der Waals surface area contributed by atoms with Gasteiger partial charge in [-0.25, -0.2) is 0 Å². The molecule has 3 nitrogen and oxygen atoms in total. The van der Waals surface area contributed by atoms with Crippen LogP contribution in [0.1, 0.15) is 39.0 Å². The molecule has 0 unspecified atom stereocenters. The number of carbonyl (C=O) groups excluding carboxylic acids is 1. The van der Waals surface area contributed by atoms with Gasteiger partial charge in [0.1, 0.15) is 0 Å². The van der Waals surface area contributed by atoms with E-state index in [0.717, 1.165) is 25.4 Å². The van der Waals surface area contributed by atoms with Crippen LogP contribution >= 0.6 is 0 Å². The molecule has 1 aliphatic carbocycles. The number of hydrogen-bond acceptors (Lipinski definition) is 2. The third-order valence-electron chi connectivity index (χ3n) is 2.52. The first-order valence-corrected chi connectivity index (χ1v) is 5.80. The molecule has 0 atom stereocenters. The van der Waals surface area contributed by atoms with Crippen LogP contribution in [0, 0.1) is 5.92 Å². The first-order chi connectivity index (χ1) is 6.83. The van der Waals surface area contributed by atoms with Crippen molar-refractivity contribution >= 4 is 5.91 Å². The number of amides is 1. The van der Waals surface area contributed by atoms with E-state index >= 15 is 0 Å². The van der Waals surface area contributed by atoms with E-state index in [1.54, 1.807) is 0 Å². The van der Waals surface area contributed by atoms with Crippen molar-refractivity contribution in [2.75, 3.05) is 19.6 Å². The molecule has 1 saturated carbocycles. The van der Waals surface area contributed by atoms with Gasteiger partial charge < -0.3 is 10.6 Å². The van der Waals surface area contributed by atoms with Gasteiger partial charge in [0.15, 0.2) is 0 Å². The third kappa shape index (κ3) is 5.97. The van der Waals surface area contributed by atoms with E-state index < -0.39 is 0 Å². The summed E-state index contributed by atoms with van der Waals surface area (Å²) in [6.07, 6.45) is 6.19. The highest BCUT2D eigenvalue weighted by molar-refractivity contribution is 5.77. The molecule has 0 saturated heterocycles. The molecule has 14 heavy (non-hydrogen) atoms. The Morgan fingerprint density at radius 2 is 2.14 bits per heavy atom. The molecule has 1 amide bonds. The highest BCUT2D eigenvalue weighted by Crippen LogP contribution is 2.27. The third-order valence-corrected chi connectivity index (χ3v) is 2.52. The first kappa shape index (κ1) is 11.5. The van der Waals surface area contributed by atoms with Crippen LogP contribution in [0.25, 0.3) is 0 Å². The summed E-state index contributed by atoms with van der Waals surface area (Å²) in [4.78, 5) is 11.2. The zero-order valence-electron chi connectivity index (χ0n) is 9.14. The van der Waals surface area contributed by atoms with E-state index in [9.17, 15) is 4.79 Å². The summed E-state index contributed by atoms with van der Waals surface area (Å²) in [5.74, 6) is 0.990. The van der Waals surface area contributed by atoms with Gasteiger partial charge in [0, 0.05) is 6.54 Å². The predicted octanol–water partition coefficient (Wildman–Crippen LogP) is 1.29. The van der Waals surface area contributed by atoms with Gasteiger partial charge in [0.25, 0.3) is 0 Å². The second-order valence-corrected chi connectivity index (χ2v) is 4.13. The van der Waals surface area contributed by atoms with Crippen LogP contribution in [0.5, 0.6) is 0 Å². The summed E-state index contributed by atoms with van der Waals surface area (Å²) in [5, 5.41) is 6.09. The molecular weight excluding hydrogens is 176 g/mol. The summed E-state index contributed by atoms with van der Waals surface area (Å²) in [7, 11) is 0. The fourth-order valence-electron chi connectivity index (χ4n) is 1.38. The van der Waals surface area contributed by atoms with Crippen LogP contribution in [0.2, 0.25) is 0 Å². The molecule has 82 valence electrons. The molecule has 0 aliphatic heterocycles. The largest absolute Gasteiger partial charge is 0.355 e. The summed E-state index contributed by atoms with van der Waals surface area (Å²) in [5.41, 5.74) is 0.